The summed E-state index contributed by atoms with van der Waals surface area (Å²) < 4.78 is 12.2. The first-order chi connectivity index (χ1) is 8.88. The number of halogens is 1. The van der Waals surface area contributed by atoms with Crippen LogP contribution in [0.4, 0.5) is 0 Å². The predicted molar refractivity (Wildman–Crippen MR) is 89.2 cm³/mol. The molecule has 0 aliphatic rings. The summed E-state index contributed by atoms with van der Waals surface area (Å²) in [5.74, 6) is 1.43. The van der Waals surface area contributed by atoms with Gasteiger partial charge in [-0.3, -0.25) is 0 Å². The summed E-state index contributed by atoms with van der Waals surface area (Å²) in [6, 6.07) is 8.41. The molecule has 0 aromatic heterocycles. The summed E-state index contributed by atoms with van der Waals surface area (Å²) >= 11 is 2.47. The summed E-state index contributed by atoms with van der Waals surface area (Å²) in [5.41, 5.74) is 1.65. The standard InChI is InChI=1S/C16H25IO2/c1-6-18-12(2)19-14-9-7-13(8-10-14)15(11-17)16(3,4)5/h7-10,12,15H,6,11H2,1-5H3/t12?,15-/m1/s1. The fraction of sp³-hybridized carbons (Fsp3) is 0.625. The van der Waals surface area contributed by atoms with Crippen LogP contribution in [0.5, 0.6) is 5.75 Å². The molecule has 0 spiro atoms. The third-order valence-corrected chi connectivity index (χ3v) is 4.07. The molecule has 0 saturated carbocycles. The molecule has 1 rings (SSSR count). The van der Waals surface area contributed by atoms with Gasteiger partial charge in [0, 0.05) is 11.0 Å². The minimum Gasteiger partial charge on any atom is -0.465 e. The van der Waals surface area contributed by atoms with E-state index < -0.39 is 0 Å². The highest BCUT2D eigenvalue weighted by molar-refractivity contribution is 14.1. The number of ether oxygens (including phenoxy) is 2. The number of rotatable bonds is 6. The predicted octanol–water partition coefficient (Wildman–Crippen LogP) is 5.01. The molecule has 0 heterocycles. The number of hydrogen-bond donors (Lipinski definition) is 0. The van der Waals surface area contributed by atoms with Gasteiger partial charge in [-0.2, -0.15) is 0 Å². The largest absolute Gasteiger partial charge is 0.465 e. The smallest absolute Gasteiger partial charge is 0.196 e. The van der Waals surface area contributed by atoms with E-state index >= 15 is 0 Å². The van der Waals surface area contributed by atoms with Gasteiger partial charge < -0.3 is 9.47 Å². The first-order valence-corrected chi connectivity index (χ1v) is 8.35. The van der Waals surface area contributed by atoms with Gasteiger partial charge in [0.05, 0.1) is 0 Å². The molecule has 3 heteroatoms. The van der Waals surface area contributed by atoms with Gasteiger partial charge in [0.25, 0.3) is 0 Å². The van der Waals surface area contributed by atoms with Crippen molar-refractivity contribution in [3.8, 4) is 5.75 Å². The van der Waals surface area contributed by atoms with E-state index in [1.807, 2.05) is 26.0 Å². The number of benzene rings is 1. The van der Waals surface area contributed by atoms with E-state index in [1.165, 1.54) is 5.56 Å². The van der Waals surface area contributed by atoms with Gasteiger partial charge in [-0.1, -0.05) is 55.5 Å². The Labute approximate surface area is 131 Å². The SMILES string of the molecule is CCOC(C)Oc1ccc([C@@H](CI)C(C)(C)C)cc1. The van der Waals surface area contributed by atoms with E-state index in [2.05, 4.69) is 55.5 Å². The van der Waals surface area contributed by atoms with Crippen LogP contribution in [0.15, 0.2) is 24.3 Å². The van der Waals surface area contributed by atoms with Gasteiger partial charge in [-0.05, 0) is 42.9 Å². The van der Waals surface area contributed by atoms with Crippen LogP contribution in [0.1, 0.15) is 46.1 Å². The second-order valence-corrected chi connectivity index (χ2v) is 6.66. The molecule has 108 valence electrons. The molecule has 0 fully saturated rings. The lowest BCUT2D eigenvalue weighted by atomic mass is 9.78. The molecule has 1 unspecified atom stereocenters. The molecule has 2 atom stereocenters. The molecule has 19 heavy (non-hydrogen) atoms. The Morgan fingerprint density at radius 1 is 1.16 bits per heavy atom. The summed E-state index contributed by atoms with van der Waals surface area (Å²) in [7, 11) is 0. The van der Waals surface area contributed by atoms with Crippen molar-refractivity contribution in [3.05, 3.63) is 29.8 Å². The fourth-order valence-corrected chi connectivity index (χ4v) is 3.89. The van der Waals surface area contributed by atoms with Gasteiger partial charge in [0.1, 0.15) is 5.75 Å². The minimum atomic E-state index is -0.196. The Hall–Kier alpha value is -0.290. The van der Waals surface area contributed by atoms with Gasteiger partial charge >= 0.3 is 0 Å². The van der Waals surface area contributed by atoms with Crippen molar-refractivity contribution in [2.24, 2.45) is 5.41 Å². The fourth-order valence-electron chi connectivity index (χ4n) is 2.06. The Morgan fingerprint density at radius 2 is 1.74 bits per heavy atom. The van der Waals surface area contributed by atoms with E-state index in [1.54, 1.807) is 0 Å². The van der Waals surface area contributed by atoms with Crippen LogP contribution in [0.3, 0.4) is 0 Å². The van der Waals surface area contributed by atoms with Crippen LogP contribution >= 0.6 is 22.6 Å². The summed E-state index contributed by atoms with van der Waals surface area (Å²) in [6.07, 6.45) is -0.196. The lowest BCUT2D eigenvalue weighted by Gasteiger charge is -2.29. The van der Waals surface area contributed by atoms with Gasteiger partial charge in [-0.25, -0.2) is 0 Å². The van der Waals surface area contributed by atoms with E-state index in [0.29, 0.717) is 12.5 Å². The lowest BCUT2D eigenvalue weighted by Crippen LogP contribution is -2.20. The Kier molecular flexibility index (Phi) is 6.60. The third kappa shape index (κ3) is 5.30. The van der Waals surface area contributed by atoms with Crippen LogP contribution < -0.4 is 4.74 Å². The molecule has 0 amide bonds. The quantitative estimate of drug-likeness (QED) is 0.395. The topological polar surface area (TPSA) is 18.5 Å². The summed E-state index contributed by atoms with van der Waals surface area (Å²) in [5, 5.41) is 0. The maximum atomic E-state index is 5.68. The van der Waals surface area contributed by atoms with E-state index in [0.717, 1.165) is 10.2 Å². The molecule has 2 nitrogen and oxygen atoms in total. The molecule has 1 aromatic rings. The highest BCUT2D eigenvalue weighted by Crippen LogP contribution is 2.37. The average Bonchev–Trinajstić information content (AvgIpc) is 2.30. The van der Waals surface area contributed by atoms with Crippen molar-refractivity contribution < 1.29 is 9.47 Å². The zero-order valence-corrected chi connectivity index (χ0v) is 14.7. The van der Waals surface area contributed by atoms with Gasteiger partial charge in [0.2, 0.25) is 0 Å². The third-order valence-electron chi connectivity index (χ3n) is 3.19. The average molecular weight is 376 g/mol. The maximum absolute atomic E-state index is 5.68. The molecule has 0 aliphatic carbocycles. The van der Waals surface area contributed by atoms with Gasteiger partial charge in [0.15, 0.2) is 6.29 Å². The van der Waals surface area contributed by atoms with Crippen LogP contribution in [0.25, 0.3) is 0 Å². The molecule has 1 aromatic carbocycles. The first-order valence-electron chi connectivity index (χ1n) is 6.82. The van der Waals surface area contributed by atoms with Crippen molar-refractivity contribution in [1.29, 1.82) is 0 Å². The molecule has 0 bridgehead atoms. The van der Waals surface area contributed by atoms with Crippen LogP contribution in [0.2, 0.25) is 0 Å². The van der Waals surface area contributed by atoms with Crippen molar-refractivity contribution in [2.75, 3.05) is 11.0 Å². The minimum absolute atomic E-state index is 0.196. The van der Waals surface area contributed by atoms with E-state index in [-0.39, 0.29) is 11.7 Å². The lowest BCUT2D eigenvalue weighted by molar-refractivity contribution is -0.0613. The zero-order valence-electron chi connectivity index (χ0n) is 12.6. The normalized spacial score (nSPS) is 15.1. The van der Waals surface area contributed by atoms with Crippen molar-refractivity contribution in [3.63, 3.8) is 0 Å². The van der Waals surface area contributed by atoms with Gasteiger partial charge in [-0.15, -0.1) is 0 Å². The molecule has 0 aliphatic heterocycles. The van der Waals surface area contributed by atoms with Crippen molar-refractivity contribution in [1.82, 2.24) is 0 Å². The molecular weight excluding hydrogens is 351 g/mol. The van der Waals surface area contributed by atoms with Crippen molar-refractivity contribution >= 4 is 22.6 Å². The highest BCUT2D eigenvalue weighted by Gasteiger charge is 2.25. The second kappa shape index (κ2) is 7.48. The van der Waals surface area contributed by atoms with Crippen LogP contribution in [0, 0.1) is 5.41 Å². The molecule has 0 N–H and O–H groups in total. The first kappa shape index (κ1) is 16.8. The maximum Gasteiger partial charge on any atom is 0.196 e. The molecule has 0 saturated heterocycles. The van der Waals surface area contributed by atoms with E-state index in [4.69, 9.17) is 9.47 Å². The number of hydrogen-bond acceptors (Lipinski definition) is 2. The summed E-state index contributed by atoms with van der Waals surface area (Å²) in [4.78, 5) is 0. The van der Waals surface area contributed by atoms with Crippen LogP contribution in [-0.4, -0.2) is 17.3 Å². The zero-order chi connectivity index (χ0) is 14.5. The van der Waals surface area contributed by atoms with Crippen molar-refractivity contribution in [2.45, 2.75) is 46.8 Å². The Bertz CT molecular complexity index is 367. The Morgan fingerprint density at radius 3 is 2.16 bits per heavy atom. The number of alkyl halides is 1. The molecular formula is C16H25IO2. The van der Waals surface area contributed by atoms with Crippen LogP contribution in [-0.2, 0) is 4.74 Å². The van der Waals surface area contributed by atoms with E-state index in [9.17, 15) is 0 Å². The monoisotopic (exact) mass is 376 g/mol. The second-order valence-electron chi connectivity index (χ2n) is 5.78. The summed E-state index contributed by atoms with van der Waals surface area (Å²) in [6.45, 7) is 11.4. The Balaban J connectivity index is 2.75. The molecule has 0 radical (unpaired) electrons. The highest BCUT2D eigenvalue weighted by atomic mass is 127.